The molecule has 2 N–H and O–H groups in total. The van der Waals surface area contributed by atoms with Crippen molar-refractivity contribution >= 4 is 10.0 Å². The molecular formula is C13H17F2NO4S. The predicted molar refractivity (Wildman–Crippen MR) is 72.3 cm³/mol. The molecule has 0 unspecified atom stereocenters. The van der Waals surface area contributed by atoms with E-state index in [9.17, 15) is 17.2 Å². The van der Waals surface area contributed by atoms with E-state index in [2.05, 4.69) is 0 Å². The lowest BCUT2D eigenvalue weighted by Crippen LogP contribution is -2.42. The number of hydrogen-bond acceptors (Lipinski definition) is 4. The van der Waals surface area contributed by atoms with Gasteiger partial charge < -0.3 is 9.47 Å². The summed E-state index contributed by atoms with van der Waals surface area (Å²) >= 11 is 0. The molecule has 0 aromatic heterocycles. The SMILES string of the molecule is NS(=O)(=O)CC1(COc2cc(F)cc(F)c2)CCOCC1. The second kappa shape index (κ2) is 6.25. The van der Waals surface area contributed by atoms with Gasteiger partial charge in [-0.1, -0.05) is 0 Å². The van der Waals surface area contributed by atoms with Crippen molar-refractivity contribution in [3.8, 4) is 5.75 Å². The Bertz CT molecular complexity index is 580. The van der Waals surface area contributed by atoms with Crippen LogP contribution in [0.1, 0.15) is 12.8 Å². The number of rotatable bonds is 5. The molecule has 1 saturated heterocycles. The van der Waals surface area contributed by atoms with E-state index in [1.54, 1.807) is 0 Å². The molecule has 0 atom stereocenters. The molecule has 5 nitrogen and oxygen atoms in total. The molecule has 0 aliphatic carbocycles. The minimum atomic E-state index is -3.69. The first-order valence-corrected chi connectivity index (χ1v) is 8.17. The van der Waals surface area contributed by atoms with Crippen LogP contribution in [0.2, 0.25) is 0 Å². The topological polar surface area (TPSA) is 78.6 Å². The van der Waals surface area contributed by atoms with Crippen molar-refractivity contribution < 1.29 is 26.7 Å². The number of sulfonamides is 1. The van der Waals surface area contributed by atoms with Crippen LogP contribution >= 0.6 is 0 Å². The molecule has 118 valence electrons. The molecule has 0 amide bonds. The van der Waals surface area contributed by atoms with Crippen LogP contribution in [0, 0.1) is 17.0 Å². The second-order valence-corrected chi connectivity index (χ2v) is 6.93. The summed E-state index contributed by atoms with van der Waals surface area (Å²) in [6, 6.07) is 2.83. The first kappa shape index (κ1) is 16.1. The molecule has 1 aliphatic rings. The molecule has 1 fully saturated rings. The molecule has 0 radical (unpaired) electrons. The Kier molecular flexibility index (Phi) is 4.80. The summed E-state index contributed by atoms with van der Waals surface area (Å²) in [4.78, 5) is 0. The van der Waals surface area contributed by atoms with Crippen LogP contribution in [0.15, 0.2) is 18.2 Å². The maximum atomic E-state index is 13.1. The number of halogens is 2. The minimum Gasteiger partial charge on any atom is -0.493 e. The van der Waals surface area contributed by atoms with E-state index in [0.717, 1.165) is 18.2 Å². The predicted octanol–water partition coefficient (Wildman–Crippen LogP) is 1.43. The van der Waals surface area contributed by atoms with E-state index in [-0.39, 0.29) is 18.1 Å². The summed E-state index contributed by atoms with van der Waals surface area (Å²) < 4.78 is 59.6. The number of ether oxygens (including phenoxy) is 2. The van der Waals surface area contributed by atoms with Crippen molar-refractivity contribution in [3.05, 3.63) is 29.8 Å². The fourth-order valence-electron chi connectivity index (χ4n) is 2.41. The van der Waals surface area contributed by atoms with E-state index < -0.39 is 27.1 Å². The number of nitrogens with two attached hydrogens (primary N) is 1. The minimum absolute atomic E-state index is 0.00961. The molecule has 2 rings (SSSR count). The Hall–Kier alpha value is -1.25. The fourth-order valence-corrected chi connectivity index (χ4v) is 3.64. The molecule has 1 aromatic rings. The van der Waals surface area contributed by atoms with Gasteiger partial charge in [0.2, 0.25) is 10.0 Å². The molecular weight excluding hydrogens is 304 g/mol. The van der Waals surface area contributed by atoms with Crippen LogP contribution in [-0.2, 0) is 14.8 Å². The van der Waals surface area contributed by atoms with E-state index in [1.165, 1.54) is 0 Å². The third-order valence-electron chi connectivity index (χ3n) is 3.44. The quantitative estimate of drug-likeness (QED) is 0.890. The van der Waals surface area contributed by atoms with Crippen LogP contribution in [0.4, 0.5) is 8.78 Å². The average molecular weight is 321 g/mol. The third-order valence-corrected chi connectivity index (χ3v) is 4.46. The highest BCUT2D eigenvalue weighted by molar-refractivity contribution is 7.89. The fraction of sp³-hybridized carbons (Fsp3) is 0.538. The summed E-state index contributed by atoms with van der Waals surface area (Å²) in [6.07, 6.45) is 0.919. The van der Waals surface area contributed by atoms with E-state index in [0.29, 0.717) is 26.1 Å². The van der Waals surface area contributed by atoms with Crippen molar-refractivity contribution in [2.45, 2.75) is 12.8 Å². The lowest BCUT2D eigenvalue weighted by atomic mass is 9.83. The summed E-state index contributed by atoms with van der Waals surface area (Å²) in [6.45, 7) is 0.808. The first-order valence-electron chi connectivity index (χ1n) is 6.45. The maximum Gasteiger partial charge on any atom is 0.209 e. The maximum absolute atomic E-state index is 13.1. The lowest BCUT2D eigenvalue weighted by molar-refractivity contribution is 0.00198. The summed E-state index contributed by atoms with van der Waals surface area (Å²) in [5.41, 5.74) is -0.700. The van der Waals surface area contributed by atoms with Gasteiger partial charge in [-0.15, -0.1) is 0 Å². The number of benzene rings is 1. The van der Waals surface area contributed by atoms with Gasteiger partial charge in [-0.3, -0.25) is 0 Å². The Morgan fingerprint density at radius 3 is 2.29 bits per heavy atom. The Labute approximate surface area is 122 Å². The molecule has 1 aromatic carbocycles. The molecule has 0 saturated carbocycles. The van der Waals surface area contributed by atoms with Crippen LogP contribution in [0.5, 0.6) is 5.75 Å². The van der Waals surface area contributed by atoms with Crippen LogP contribution < -0.4 is 9.88 Å². The number of primary sulfonamides is 1. The molecule has 8 heteroatoms. The van der Waals surface area contributed by atoms with Crippen molar-refractivity contribution in [2.24, 2.45) is 10.6 Å². The van der Waals surface area contributed by atoms with E-state index >= 15 is 0 Å². The summed E-state index contributed by atoms with van der Waals surface area (Å²) in [7, 11) is -3.69. The summed E-state index contributed by atoms with van der Waals surface area (Å²) in [5, 5.41) is 5.12. The van der Waals surface area contributed by atoms with Crippen molar-refractivity contribution in [2.75, 3.05) is 25.6 Å². The van der Waals surface area contributed by atoms with E-state index in [4.69, 9.17) is 14.6 Å². The van der Waals surface area contributed by atoms with Gasteiger partial charge in [-0.2, -0.15) is 0 Å². The highest BCUT2D eigenvalue weighted by Gasteiger charge is 2.37. The van der Waals surface area contributed by atoms with Gasteiger partial charge in [0.1, 0.15) is 17.4 Å². The van der Waals surface area contributed by atoms with Crippen molar-refractivity contribution in [1.29, 1.82) is 0 Å². The second-order valence-electron chi connectivity index (χ2n) is 5.31. The molecule has 0 bridgehead atoms. The van der Waals surface area contributed by atoms with Gasteiger partial charge in [0.25, 0.3) is 0 Å². The smallest absolute Gasteiger partial charge is 0.209 e. The normalized spacial score (nSPS) is 18.4. The van der Waals surface area contributed by atoms with Gasteiger partial charge in [0.05, 0.1) is 12.4 Å². The van der Waals surface area contributed by atoms with Gasteiger partial charge in [-0.25, -0.2) is 22.3 Å². The zero-order valence-corrected chi connectivity index (χ0v) is 12.2. The van der Waals surface area contributed by atoms with Crippen molar-refractivity contribution in [1.82, 2.24) is 0 Å². The molecule has 21 heavy (non-hydrogen) atoms. The lowest BCUT2D eigenvalue weighted by Gasteiger charge is -2.35. The van der Waals surface area contributed by atoms with E-state index in [1.807, 2.05) is 0 Å². The first-order chi connectivity index (χ1) is 9.78. The Balaban J connectivity index is 2.11. The highest BCUT2D eigenvalue weighted by atomic mass is 32.2. The Morgan fingerprint density at radius 1 is 1.19 bits per heavy atom. The summed E-state index contributed by atoms with van der Waals surface area (Å²) in [5.74, 6) is -1.73. The Morgan fingerprint density at radius 2 is 1.76 bits per heavy atom. The van der Waals surface area contributed by atoms with Crippen molar-refractivity contribution in [3.63, 3.8) is 0 Å². The van der Waals surface area contributed by atoms with Gasteiger partial charge in [-0.05, 0) is 12.8 Å². The van der Waals surface area contributed by atoms with Crippen LogP contribution in [-0.4, -0.2) is 34.0 Å². The van der Waals surface area contributed by atoms with Crippen LogP contribution in [0.3, 0.4) is 0 Å². The molecule has 1 aliphatic heterocycles. The van der Waals surface area contributed by atoms with Gasteiger partial charge in [0, 0.05) is 36.8 Å². The standard InChI is InChI=1S/C13H17F2NO4S/c14-10-5-11(15)7-12(6-10)20-8-13(9-21(16,17)18)1-3-19-4-2-13/h5-7H,1-4,8-9H2,(H2,16,17,18). The highest BCUT2D eigenvalue weighted by Crippen LogP contribution is 2.32. The van der Waals surface area contributed by atoms with Gasteiger partial charge in [0.15, 0.2) is 0 Å². The zero-order chi connectivity index (χ0) is 15.5. The van der Waals surface area contributed by atoms with Crippen LogP contribution in [0.25, 0.3) is 0 Å². The molecule has 1 heterocycles. The average Bonchev–Trinajstić information content (AvgIpc) is 2.34. The zero-order valence-electron chi connectivity index (χ0n) is 11.3. The van der Waals surface area contributed by atoms with Gasteiger partial charge >= 0.3 is 0 Å². The monoisotopic (exact) mass is 321 g/mol. The molecule has 0 spiro atoms. The number of hydrogen-bond donors (Lipinski definition) is 1. The third kappa shape index (κ3) is 4.90. The largest absolute Gasteiger partial charge is 0.493 e.